The van der Waals surface area contributed by atoms with Gasteiger partial charge in [0.1, 0.15) is 0 Å². The Morgan fingerprint density at radius 1 is 0.968 bits per heavy atom. The predicted molar refractivity (Wildman–Crippen MR) is 116 cm³/mol. The van der Waals surface area contributed by atoms with Gasteiger partial charge < -0.3 is 9.64 Å². The fraction of sp³-hybridized carbons (Fsp3) is 0.333. The van der Waals surface area contributed by atoms with Gasteiger partial charge in [0.05, 0.1) is 17.2 Å². The largest absolute Gasteiger partial charge is 0.381 e. The quantitative estimate of drug-likeness (QED) is 0.653. The van der Waals surface area contributed by atoms with Crippen LogP contribution in [0.25, 0.3) is 11.3 Å². The van der Waals surface area contributed by atoms with E-state index >= 15 is 0 Å². The van der Waals surface area contributed by atoms with Gasteiger partial charge in [-0.1, -0.05) is 30.3 Å². The number of carbonyl (C=O) groups is 1. The molecule has 0 spiro atoms. The zero-order valence-electron chi connectivity index (χ0n) is 17.2. The number of ether oxygens (including phenoxy) is 1. The van der Waals surface area contributed by atoms with E-state index in [4.69, 9.17) is 4.74 Å². The molecule has 2 aliphatic heterocycles. The van der Waals surface area contributed by atoms with E-state index in [1.54, 1.807) is 18.5 Å². The normalized spacial score (nSPS) is 18.4. The summed E-state index contributed by atoms with van der Waals surface area (Å²) < 4.78 is 7.07. The first-order chi connectivity index (χ1) is 15.2. The molecule has 0 saturated carbocycles. The van der Waals surface area contributed by atoms with Crippen molar-refractivity contribution < 1.29 is 9.53 Å². The second kappa shape index (κ2) is 8.07. The van der Waals surface area contributed by atoms with Crippen LogP contribution in [0.15, 0.2) is 71.8 Å². The standard InChI is InChI=1S/C24H24N4O3/c29-22-7-6-21(18-8-12-25-13-9-18)26-28(22)20-16-27(17-20)23(30)24(10-14-31-15-11-24)19-4-2-1-3-5-19/h1-9,12-13,20H,10-11,14-17H2. The van der Waals surface area contributed by atoms with Crippen molar-refractivity contribution in [3.63, 3.8) is 0 Å². The van der Waals surface area contributed by atoms with Crippen molar-refractivity contribution in [2.75, 3.05) is 26.3 Å². The molecule has 0 aliphatic carbocycles. The third-order valence-electron chi connectivity index (χ3n) is 6.38. The minimum absolute atomic E-state index is 0.120. The minimum Gasteiger partial charge on any atom is -0.381 e. The molecule has 31 heavy (non-hydrogen) atoms. The molecule has 0 unspecified atom stereocenters. The number of amides is 1. The third kappa shape index (κ3) is 3.55. The van der Waals surface area contributed by atoms with Crippen molar-refractivity contribution in [2.24, 2.45) is 0 Å². The van der Waals surface area contributed by atoms with Crippen LogP contribution in [0.4, 0.5) is 0 Å². The fourth-order valence-electron chi connectivity index (χ4n) is 4.55. The Kier molecular flexibility index (Phi) is 5.11. The number of benzene rings is 1. The number of pyridine rings is 1. The van der Waals surface area contributed by atoms with Crippen molar-refractivity contribution in [1.29, 1.82) is 0 Å². The van der Waals surface area contributed by atoms with E-state index in [0.717, 1.165) is 16.8 Å². The van der Waals surface area contributed by atoms with Crippen molar-refractivity contribution >= 4 is 5.91 Å². The van der Waals surface area contributed by atoms with Crippen molar-refractivity contribution in [2.45, 2.75) is 24.3 Å². The maximum atomic E-state index is 13.6. The molecular formula is C24H24N4O3. The lowest BCUT2D eigenvalue weighted by Crippen LogP contribution is -2.59. The summed E-state index contributed by atoms with van der Waals surface area (Å²) >= 11 is 0. The average Bonchev–Trinajstić information content (AvgIpc) is 2.81. The Morgan fingerprint density at radius 2 is 1.68 bits per heavy atom. The molecule has 1 amide bonds. The molecule has 2 aliphatic rings. The van der Waals surface area contributed by atoms with Crippen LogP contribution in [0.5, 0.6) is 0 Å². The van der Waals surface area contributed by atoms with Gasteiger partial charge in [-0.25, -0.2) is 4.68 Å². The van der Waals surface area contributed by atoms with Crippen LogP contribution in [0.3, 0.4) is 0 Å². The lowest BCUT2D eigenvalue weighted by atomic mass is 9.72. The smallest absolute Gasteiger partial charge is 0.267 e. The highest BCUT2D eigenvalue weighted by atomic mass is 16.5. The number of nitrogens with zero attached hydrogens (tertiary/aromatic N) is 4. The zero-order chi connectivity index (χ0) is 21.3. The molecule has 0 bridgehead atoms. The molecule has 4 heterocycles. The van der Waals surface area contributed by atoms with Crippen molar-refractivity contribution in [3.8, 4) is 11.3 Å². The topological polar surface area (TPSA) is 77.3 Å². The second-order valence-electron chi connectivity index (χ2n) is 8.16. The lowest BCUT2D eigenvalue weighted by Gasteiger charge is -2.46. The van der Waals surface area contributed by atoms with E-state index in [2.05, 4.69) is 10.1 Å². The number of carbonyl (C=O) groups excluding carboxylic acids is 1. The summed E-state index contributed by atoms with van der Waals surface area (Å²) in [5.74, 6) is 0.122. The molecule has 3 aromatic rings. The van der Waals surface area contributed by atoms with Gasteiger partial charge in [0, 0.05) is 50.3 Å². The van der Waals surface area contributed by atoms with Gasteiger partial charge in [-0.2, -0.15) is 5.10 Å². The highest BCUT2D eigenvalue weighted by Crippen LogP contribution is 2.38. The maximum Gasteiger partial charge on any atom is 0.267 e. The average molecular weight is 416 g/mol. The van der Waals surface area contributed by atoms with E-state index in [-0.39, 0.29) is 17.5 Å². The Bertz CT molecular complexity index is 1120. The van der Waals surface area contributed by atoms with E-state index in [1.807, 2.05) is 47.4 Å². The SMILES string of the molecule is O=C(N1CC(n2nc(-c3ccncc3)ccc2=O)C1)C1(c2ccccc2)CCOCC1. The first-order valence-corrected chi connectivity index (χ1v) is 10.6. The number of hydrogen-bond acceptors (Lipinski definition) is 5. The van der Waals surface area contributed by atoms with Crippen LogP contribution >= 0.6 is 0 Å². The summed E-state index contributed by atoms with van der Waals surface area (Å²) in [6, 6.07) is 16.9. The molecule has 2 fully saturated rings. The van der Waals surface area contributed by atoms with E-state index in [1.165, 1.54) is 10.7 Å². The Balaban J connectivity index is 1.37. The molecule has 7 nitrogen and oxygen atoms in total. The summed E-state index contributed by atoms with van der Waals surface area (Å²) in [4.78, 5) is 32.0. The van der Waals surface area contributed by atoms with Crippen LogP contribution in [-0.4, -0.2) is 51.9 Å². The van der Waals surface area contributed by atoms with Gasteiger partial charge in [-0.15, -0.1) is 0 Å². The van der Waals surface area contributed by atoms with E-state index < -0.39 is 5.41 Å². The van der Waals surface area contributed by atoms with Crippen LogP contribution in [0.1, 0.15) is 24.4 Å². The van der Waals surface area contributed by atoms with Gasteiger partial charge in [-0.3, -0.25) is 14.6 Å². The zero-order valence-corrected chi connectivity index (χ0v) is 17.2. The maximum absolute atomic E-state index is 13.6. The van der Waals surface area contributed by atoms with Crippen LogP contribution in [0.2, 0.25) is 0 Å². The predicted octanol–water partition coefficient (Wildman–Crippen LogP) is 2.44. The molecule has 2 aromatic heterocycles. The molecule has 0 N–H and O–H groups in total. The summed E-state index contributed by atoms with van der Waals surface area (Å²) in [6.45, 7) is 2.13. The van der Waals surface area contributed by atoms with E-state index in [9.17, 15) is 9.59 Å². The van der Waals surface area contributed by atoms with Gasteiger partial charge >= 0.3 is 0 Å². The molecule has 0 atom stereocenters. The van der Waals surface area contributed by atoms with Crippen molar-refractivity contribution in [3.05, 3.63) is 82.9 Å². The van der Waals surface area contributed by atoms with E-state index in [0.29, 0.717) is 39.1 Å². The van der Waals surface area contributed by atoms with Crippen LogP contribution in [-0.2, 0) is 14.9 Å². The second-order valence-corrected chi connectivity index (χ2v) is 8.16. The number of hydrogen-bond donors (Lipinski definition) is 0. The first kappa shape index (κ1) is 19.6. The minimum atomic E-state index is -0.554. The highest BCUT2D eigenvalue weighted by molar-refractivity contribution is 5.89. The summed E-state index contributed by atoms with van der Waals surface area (Å²) in [6.07, 6.45) is 4.75. The first-order valence-electron chi connectivity index (χ1n) is 10.6. The molecule has 5 rings (SSSR count). The fourth-order valence-corrected chi connectivity index (χ4v) is 4.55. The van der Waals surface area contributed by atoms with Crippen LogP contribution in [0, 0.1) is 0 Å². The Labute approximate surface area is 180 Å². The monoisotopic (exact) mass is 416 g/mol. The molecule has 1 aromatic carbocycles. The summed E-state index contributed by atoms with van der Waals surface area (Å²) in [5.41, 5.74) is 1.96. The molecule has 7 heteroatoms. The van der Waals surface area contributed by atoms with Gasteiger partial charge in [0.2, 0.25) is 5.91 Å². The van der Waals surface area contributed by atoms with Gasteiger partial charge in [0.15, 0.2) is 0 Å². The molecule has 2 saturated heterocycles. The van der Waals surface area contributed by atoms with Gasteiger partial charge in [-0.05, 0) is 36.6 Å². The molecule has 158 valence electrons. The Morgan fingerprint density at radius 3 is 2.39 bits per heavy atom. The molecule has 0 radical (unpaired) electrons. The summed E-state index contributed by atoms with van der Waals surface area (Å²) in [7, 11) is 0. The number of aromatic nitrogens is 3. The molecular weight excluding hydrogens is 392 g/mol. The number of rotatable bonds is 4. The number of likely N-dealkylation sites (tertiary alicyclic amines) is 1. The Hall–Kier alpha value is -3.32. The third-order valence-corrected chi connectivity index (χ3v) is 6.38. The van der Waals surface area contributed by atoms with Crippen LogP contribution < -0.4 is 5.56 Å². The van der Waals surface area contributed by atoms with Crippen molar-refractivity contribution in [1.82, 2.24) is 19.7 Å². The lowest BCUT2D eigenvalue weighted by molar-refractivity contribution is -0.147. The summed E-state index contributed by atoms with van der Waals surface area (Å²) in [5, 5.41) is 4.56. The highest BCUT2D eigenvalue weighted by Gasteiger charge is 2.47. The van der Waals surface area contributed by atoms with Gasteiger partial charge in [0.25, 0.3) is 5.56 Å².